The zero-order valence-electron chi connectivity index (χ0n) is 18.4. The van der Waals surface area contributed by atoms with Crippen molar-refractivity contribution in [2.75, 3.05) is 11.5 Å². The molecule has 176 valence electrons. The van der Waals surface area contributed by atoms with Gasteiger partial charge < -0.3 is 19.3 Å². The van der Waals surface area contributed by atoms with E-state index in [1.807, 2.05) is 43.3 Å². The maximum absolute atomic E-state index is 12.7. The largest absolute Gasteiger partial charge is 0.464 e. The third-order valence-corrected chi connectivity index (χ3v) is 8.05. The summed E-state index contributed by atoms with van der Waals surface area (Å²) < 4.78 is 34.5. The van der Waals surface area contributed by atoms with Gasteiger partial charge in [0.15, 0.2) is 9.84 Å². The summed E-state index contributed by atoms with van der Waals surface area (Å²) in [5.41, 5.74) is 3.49. The summed E-state index contributed by atoms with van der Waals surface area (Å²) in [5, 5.41) is 14.1. The van der Waals surface area contributed by atoms with Gasteiger partial charge in [0.25, 0.3) is 0 Å². The Morgan fingerprint density at radius 2 is 1.88 bits per heavy atom. The number of rotatable bonds is 5. The van der Waals surface area contributed by atoms with Gasteiger partial charge in [0, 0.05) is 34.4 Å². The van der Waals surface area contributed by atoms with Crippen LogP contribution in [0.3, 0.4) is 0 Å². The van der Waals surface area contributed by atoms with Gasteiger partial charge in [-0.25, -0.2) is 13.2 Å². The molecule has 5 rings (SSSR count). The number of furan rings is 1. The molecule has 2 aromatic heterocycles. The van der Waals surface area contributed by atoms with Crippen molar-refractivity contribution in [3.05, 3.63) is 70.3 Å². The molecule has 0 saturated carbocycles. The molecule has 1 aliphatic rings. The minimum atomic E-state index is -3.37. The monoisotopic (exact) mass is 481 g/mol. The summed E-state index contributed by atoms with van der Waals surface area (Å²) in [6, 6.07) is 12.6. The average molecular weight is 482 g/mol. The van der Waals surface area contributed by atoms with Crippen LogP contribution in [0.15, 0.2) is 62.4 Å². The zero-order chi connectivity index (χ0) is 24.0. The summed E-state index contributed by atoms with van der Waals surface area (Å²) >= 11 is 0. The van der Waals surface area contributed by atoms with E-state index < -0.39 is 33.5 Å². The van der Waals surface area contributed by atoms with Crippen LogP contribution in [-0.4, -0.2) is 43.1 Å². The van der Waals surface area contributed by atoms with Crippen molar-refractivity contribution in [3.8, 4) is 11.1 Å². The normalized spacial score (nSPS) is 19.6. The zero-order valence-corrected chi connectivity index (χ0v) is 19.2. The number of nitrogens with one attached hydrogen (secondary N) is 1. The van der Waals surface area contributed by atoms with Crippen LogP contribution in [0.4, 0.5) is 0 Å². The molecular weight excluding hydrogens is 458 g/mol. The lowest BCUT2D eigenvalue weighted by atomic mass is 9.99. The Balaban J connectivity index is 1.43. The van der Waals surface area contributed by atoms with Crippen molar-refractivity contribution in [2.24, 2.45) is 0 Å². The van der Waals surface area contributed by atoms with E-state index in [1.54, 1.807) is 12.3 Å². The van der Waals surface area contributed by atoms with Crippen molar-refractivity contribution in [2.45, 2.75) is 31.9 Å². The van der Waals surface area contributed by atoms with Crippen molar-refractivity contribution in [1.82, 2.24) is 5.32 Å². The molecule has 2 atom stereocenters. The van der Waals surface area contributed by atoms with Crippen LogP contribution in [0.5, 0.6) is 0 Å². The fraction of sp³-hybridized carbons (Fsp3) is 0.280. The number of hydrogen-bond acceptors (Lipinski definition) is 7. The first-order valence-electron chi connectivity index (χ1n) is 10.9. The van der Waals surface area contributed by atoms with E-state index in [9.17, 15) is 23.1 Å². The lowest BCUT2D eigenvalue weighted by molar-refractivity contribution is -0.122. The Kier molecular flexibility index (Phi) is 5.53. The minimum Gasteiger partial charge on any atom is -0.464 e. The summed E-state index contributed by atoms with van der Waals surface area (Å²) in [4.78, 5) is 25.1. The second-order valence-corrected chi connectivity index (χ2v) is 10.8. The second kappa shape index (κ2) is 8.41. The molecule has 2 aromatic carbocycles. The van der Waals surface area contributed by atoms with Gasteiger partial charge in [-0.1, -0.05) is 30.3 Å². The van der Waals surface area contributed by atoms with E-state index in [1.165, 1.54) is 0 Å². The molecule has 1 saturated heterocycles. The number of fused-ring (bicyclic) bond motifs is 2. The van der Waals surface area contributed by atoms with Crippen LogP contribution in [0, 0.1) is 6.92 Å². The standard InChI is InChI=1S/C25H23NO7S/c1-14-16(7-8-24(28)26-20-12-34(30,31)13-21(20)27)25(29)33-23-10-22-18(9-17(14)23)19(11-32-22)15-5-3-2-4-6-15/h2-6,9-11,20-21,27H,7-8,12-13H2,1H3,(H,26,28). The number of amides is 1. The molecule has 1 fully saturated rings. The maximum Gasteiger partial charge on any atom is 0.339 e. The molecule has 2 unspecified atom stereocenters. The van der Waals surface area contributed by atoms with Crippen LogP contribution in [0.25, 0.3) is 33.1 Å². The number of aliphatic hydroxyl groups excluding tert-OH is 1. The molecule has 2 N–H and O–H groups in total. The van der Waals surface area contributed by atoms with Gasteiger partial charge in [-0.2, -0.15) is 0 Å². The summed E-state index contributed by atoms with van der Waals surface area (Å²) in [7, 11) is -3.37. The molecule has 4 aromatic rings. The first-order chi connectivity index (χ1) is 16.2. The number of carbonyl (C=O) groups is 1. The minimum absolute atomic E-state index is 0.0381. The Morgan fingerprint density at radius 1 is 1.12 bits per heavy atom. The highest BCUT2D eigenvalue weighted by molar-refractivity contribution is 7.91. The van der Waals surface area contributed by atoms with E-state index in [0.717, 1.165) is 21.9 Å². The lowest BCUT2D eigenvalue weighted by Gasteiger charge is -2.15. The third-order valence-electron chi connectivity index (χ3n) is 6.34. The predicted molar refractivity (Wildman–Crippen MR) is 127 cm³/mol. The van der Waals surface area contributed by atoms with Gasteiger partial charge in [0.2, 0.25) is 5.91 Å². The van der Waals surface area contributed by atoms with Crippen molar-refractivity contribution in [3.63, 3.8) is 0 Å². The molecule has 3 heterocycles. The number of aryl methyl sites for hydroxylation is 1. The van der Waals surface area contributed by atoms with Crippen LogP contribution in [0.1, 0.15) is 17.5 Å². The van der Waals surface area contributed by atoms with Crippen LogP contribution >= 0.6 is 0 Å². The van der Waals surface area contributed by atoms with E-state index in [0.29, 0.717) is 22.3 Å². The Bertz CT molecular complexity index is 1570. The topological polar surface area (TPSA) is 127 Å². The second-order valence-electron chi connectivity index (χ2n) is 8.67. The maximum atomic E-state index is 12.7. The lowest BCUT2D eigenvalue weighted by Crippen LogP contribution is -2.42. The van der Waals surface area contributed by atoms with E-state index in [4.69, 9.17) is 8.83 Å². The average Bonchev–Trinajstić information content (AvgIpc) is 3.31. The Morgan fingerprint density at radius 3 is 2.59 bits per heavy atom. The number of carbonyl (C=O) groups excluding carboxylic acids is 1. The SMILES string of the molecule is Cc1c(CCC(=O)NC2CS(=O)(=O)CC2O)c(=O)oc2cc3occ(-c4ccccc4)c3cc12. The highest BCUT2D eigenvalue weighted by Gasteiger charge is 2.37. The van der Waals surface area contributed by atoms with Crippen molar-refractivity contribution < 1.29 is 27.2 Å². The van der Waals surface area contributed by atoms with E-state index in [-0.39, 0.29) is 24.3 Å². The number of aliphatic hydroxyl groups is 1. The summed E-state index contributed by atoms with van der Waals surface area (Å²) in [6.45, 7) is 1.81. The molecule has 1 aliphatic heterocycles. The first kappa shape index (κ1) is 22.4. The van der Waals surface area contributed by atoms with Gasteiger partial charge in [-0.15, -0.1) is 0 Å². The molecule has 9 heteroatoms. The third kappa shape index (κ3) is 4.12. The highest BCUT2D eigenvalue weighted by atomic mass is 32.2. The smallest absolute Gasteiger partial charge is 0.339 e. The van der Waals surface area contributed by atoms with Crippen LogP contribution in [-0.2, 0) is 21.1 Å². The predicted octanol–water partition coefficient (Wildman–Crippen LogP) is 2.72. The van der Waals surface area contributed by atoms with Gasteiger partial charge >= 0.3 is 5.63 Å². The molecular formula is C25H23NO7S. The van der Waals surface area contributed by atoms with Crippen molar-refractivity contribution in [1.29, 1.82) is 0 Å². The van der Waals surface area contributed by atoms with Gasteiger partial charge in [-0.05, 0) is 30.5 Å². The molecule has 0 aliphatic carbocycles. The quantitative estimate of drug-likeness (QED) is 0.420. The first-order valence-corrected chi connectivity index (χ1v) is 12.7. The molecule has 0 radical (unpaired) electrons. The number of benzene rings is 2. The Hall–Kier alpha value is -3.43. The summed E-state index contributed by atoms with van der Waals surface area (Å²) in [6.07, 6.45) is 0.636. The Labute approximate surface area is 195 Å². The van der Waals surface area contributed by atoms with Gasteiger partial charge in [0.05, 0.1) is 29.9 Å². The van der Waals surface area contributed by atoms with E-state index >= 15 is 0 Å². The fourth-order valence-corrected chi connectivity index (χ4v) is 6.27. The fourth-order valence-electron chi connectivity index (χ4n) is 4.52. The van der Waals surface area contributed by atoms with Gasteiger partial charge in [0.1, 0.15) is 11.2 Å². The molecule has 0 bridgehead atoms. The van der Waals surface area contributed by atoms with Crippen molar-refractivity contribution >= 4 is 37.7 Å². The molecule has 1 amide bonds. The van der Waals surface area contributed by atoms with Gasteiger partial charge in [-0.3, -0.25) is 4.79 Å². The number of hydrogen-bond donors (Lipinski definition) is 2. The number of sulfone groups is 1. The highest BCUT2D eigenvalue weighted by Crippen LogP contribution is 2.34. The summed E-state index contributed by atoms with van der Waals surface area (Å²) in [5.74, 6) is -1.09. The van der Waals surface area contributed by atoms with Crippen LogP contribution in [0.2, 0.25) is 0 Å². The molecule has 0 spiro atoms. The molecule has 34 heavy (non-hydrogen) atoms. The van der Waals surface area contributed by atoms with E-state index in [2.05, 4.69) is 5.32 Å². The molecule has 8 nitrogen and oxygen atoms in total. The van der Waals surface area contributed by atoms with Crippen LogP contribution < -0.4 is 10.9 Å².